The largest absolute Gasteiger partial charge is 0.462 e. The molecule has 0 aliphatic carbocycles. The number of nitrogens with zero attached hydrogens (tertiary/aromatic N) is 2. The quantitative estimate of drug-likeness (QED) is 0.376. The highest BCUT2D eigenvalue weighted by Crippen LogP contribution is 1.99. The first-order valence-electron chi connectivity index (χ1n) is 3.71. The van der Waals surface area contributed by atoms with Crippen LogP contribution in [-0.4, -0.2) is 28.3 Å². The van der Waals surface area contributed by atoms with Gasteiger partial charge in [0, 0.05) is 6.20 Å². The van der Waals surface area contributed by atoms with E-state index < -0.39 is 5.97 Å². The van der Waals surface area contributed by atoms with Crippen molar-refractivity contribution < 1.29 is 9.53 Å². The van der Waals surface area contributed by atoms with Gasteiger partial charge in [-0.2, -0.15) is 5.10 Å². The van der Waals surface area contributed by atoms with E-state index in [9.17, 15) is 4.79 Å². The molecule has 0 unspecified atom stereocenters. The van der Waals surface area contributed by atoms with Crippen molar-refractivity contribution >= 4 is 11.9 Å². The molecule has 13 heavy (non-hydrogen) atoms. The minimum atomic E-state index is -0.463. The predicted octanol–water partition coefficient (Wildman–Crippen LogP) is -0.199. The number of hydrogen-bond acceptors (Lipinski definition) is 4. The topological polar surface area (TPSA) is 94.0 Å². The van der Waals surface area contributed by atoms with Gasteiger partial charge in [0.1, 0.15) is 0 Å². The number of esters is 1. The van der Waals surface area contributed by atoms with Gasteiger partial charge >= 0.3 is 5.97 Å². The Hall–Kier alpha value is -1.85. The predicted molar refractivity (Wildman–Crippen MR) is 45.5 cm³/mol. The molecular weight excluding hydrogens is 172 g/mol. The zero-order chi connectivity index (χ0) is 9.84. The lowest BCUT2D eigenvalue weighted by atomic mass is 10.4. The normalized spacial score (nSPS) is 9.62. The Bertz CT molecular complexity index is 331. The van der Waals surface area contributed by atoms with E-state index in [0.717, 1.165) is 4.68 Å². The molecule has 6 nitrogen and oxygen atoms in total. The molecule has 0 saturated carbocycles. The van der Waals surface area contributed by atoms with Crippen LogP contribution < -0.4 is 5.73 Å². The summed E-state index contributed by atoms with van der Waals surface area (Å²) >= 11 is 0. The van der Waals surface area contributed by atoms with Gasteiger partial charge in [0.15, 0.2) is 0 Å². The number of carbonyl (C=O) groups excluding carboxylic acids is 1. The number of nitrogen functional groups attached to an aromatic ring is 1. The zero-order valence-electron chi connectivity index (χ0n) is 7.15. The van der Waals surface area contributed by atoms with E-state index in [1.165, 1.54) is 12.4 Å². The fraction of sp³-hybridized carbons (Fsp3) is 0.286. The molecule has 0 radical (unpaired) electrons. The van der Waals surface area contributed by atoms with Gasteiger partial charge in [0.05, 0.1) is 18.4 Å². The van der Waals surface area contributed by atoms with Crippen molar-refractivity contribution in [3.05, 3.63) is 18.0 Å². The van der Waals surface area contributed by atoms with Crippen LogP contribution in [0.15, 0.2) is 12.4 Å². The maximum atomic E-state index is 11.1. The van der Waals surface area contributed by atoms with E-state index in [0.29, 0.717) is 6.61 Å². The van der Waals surface area contributed by atoms with Crippen LogP contribution in [0.1, 0.15) is 17.3 Å². The molecule has 0 amide bonds. The minimum absolute atomic E-state index is 0.240. The van der Waals surface area contributed by atoms with Gasteiger partial charge in [-0.1, -0.05) is 0 Å². The first-order chi connectivity index (χ1) is 6.15. The molecule has 3 N–H and O–H groups in total. The Morgan fingerprint density at radius 1 is 1.85 bits per heavy atom. The fourth-order valence-corrected chi connectivity index (χ4v) is 0.774. The summed E-state index contributed by atoms with van der Waals surface area (Å²) in [6.07, 6.45) is 2.65. The number of aromatic nitrogens is 2. The molecule has 1 aromatic rings. The molecule has 0 spiro atoms. The van der Waals surface area contributed by atoms with Gasteiger partial charge in [0.25, 0.3) is 0 Å². The molecule has 0 bridgehead atoms. The molecule has 1 aromatic heterocycles. The first kappa shape index (κ1) is 9.24. The van der Waals surface area contributed by atoms with E-state index in [-0.39, 0.29) is 11.5 Å². The summed E-state index contributed by atoms with van der Waals surface area (Å²) in [7, 11) is 0. The van der Waals surface area contributed by atoms with E-state index in [1.54, 1.807) is 6.92 Å². The van der Waals surface area contributed by atoms with E-state index >= 15 is 0 Å². The molecule has 0 aliphatic rings. The Labute approximate surface area is 74.8 Å². The van der Waals surface area contributed by atoms with Crippen molar-refractivity contribution in [3.63, 3.8) is 0 Å². The summed E-state index contributed by atoms with van der Waals surface area (Å²) in [6.45, 7) is 2.03. The molecular formula is C7H10N4O2. The lowest BCUT2D eigenvalue weighted by molar-refractivity contribution is 0.0526. The molecule has 0 saturated heterocycles. The Balaban J connectivity index is 2.79. The summed E-state index contributed by atoms with van der Waals surface area (Å²) in [6, 6.07) is 0. The first-order valence-corrected chi connectivity index (χ1v) is 3.71. The van der Waals surface area contributed by atoms with Crippen molar-refractivity contribution in [2.45, 2.75) is 6.92 Å². The van der Waals surface area contributed by atoms with Gasteiger partial charge in [-0.15, -0.1) is 0 Å². The highest BCUT2D eigenvalue weighted by molar-refractivity contribution is 5.90. The highest BCUT2D eigenvalue weighted by atomic mass is 16.5. The van der Waals surface area contributed by atoms with Crippen LogP contribution in [0.3, 0.4) is 0 Å². The molecule has 0 aromatic carbocycles. The molecule has 0 atom stereocenters. The number of nitrogens with two attached hydrogens (primary N) is 1. The van der Waals surface area contributed by atoms with Gasteiger partial charge in [-0.25, -0.2) is 9.48 Å². The summed E-state index contributed by atoms with van der Waals surface area (Å²) in [5.74, 6) is -0.703. The molecule has 1 heterocycles. The second kappa shape index (κ2) is 3.70. The van der Waals surface area contributed by atoms with Crippen LogP contribution in [0.25, 0.3) is 0 Å². The smallest absolute Gasteiger partial charge is 0.341 e. The molecule has 0 fully saturated rings. The summed E-state index contributed by atoms with van der Waals surface area (Å²) in [5.41, 5.74) is 5.42. The van der Waals surface area contributed by atoms with Gasteiger partial charge in [0.2, 0.25) is 5.96 Å². The third kappa shape index (κ3) is 2.05. The average Bonchev–Trinajstić information content (AvgIpc) is 2.52. The Morgan fingerprint density at radius 3 is 3.00 bits per heavy atom. The van der Waals surface area contributed by atoms with Gasteiger partial charge in [-0.05, 0) is 6.92 Å². The zero-order valence-corrected chi connectivity index (χ0v) is 7.15. The minimum Gasteiger partial charge on any atom is -0.462 e. The fourth-order valence-electron chi connectivity index (χ4n) is 0.774. The van der Waals surface area contributed by atoms with E-state index in [2.05, 4.69) is 5.10 Å². The van der Waals surface area contributed by atoms with Crippen LogP contribution in [-0.2, 0) is 4.74 Å². The van der Waals surface area contributed by atoms with Gasteiger partial charge in [-0.3, -0.25) is 5.41 Å². The SMILES string of the molecule is CCOC(=O)c1cnn(C(=N)N)c1. The number of hydrogen-bond donors (Lipinski definition) is 2. The van der Waals surface area contributed by atoms with E-state index in [4.69, 9.17) is 15.9 Å². The number of rotatable bonds is 2. The standard InChI is InChI=1S/C7H10N4O2/c1-2-13-6(12)5-3-10-11(4-5)7(8)9/h3-4H,2H2,1H3,(H3,8,9). The van der Waals surface area contributed by atoms with Crippen molar-refractivity contribution in [3.8, 4) is 0 Å². The van der Waals surface area contributed by atoms with Crippen molar-refractivity contribution in [2.75, 3.05) is 6.61 Å². The Kier molecular flexibility index (Phi) is 2.63. The lowest BCUT2D eigenvalue weighted by Gasteiger charge is -1.96. The molecule has 6 heteroatoms. The summed E-state index contributed by atoms with van der Waals surface area (Å²) in [4.78, 5) is 11.1. The average molecular weight is 182 g/mol. The lowest BCUT2D eigenvalue weighted by Crippen LogP contribution is -2.20. The van der Waals surface area contributed by atoms with Crippen LogP contribution in [0.2, 0.25) is 0 Å². The second-order valence-corrected chi connectivity index (χ2v) is 2.28. The van der Waals surface area contributed by atoms with Crippen molar-refractivity contribution in [1.29, 1.82) is 5.41 Å². The molecule has 1 rings (SSSR count). The van der Waals surface area contributed by atoms with Crippen LogP contribution >= 0.6 is 0 Å². The monoisotopic (exact) mass is 182 g/mol. The number of ether oxygens (including phenoxy) is 1. The Morgan fingerprint density at radius 2 is 2.54 bits per heavy atom. The number of carbonyl (C=O) groups is 1. The summed E-state index contributed by atoms with van der Waals surface area (Å²) in [5, 5.41) is 10.7. The second-order valence-electron chi connectivity index (χ2n) is 2.28. The van der Waals surface area contributed by atoms with Crippen molar-refractivity contribution in [2.24, 2.45) is 5.73 Å². The maximum absolute atomic E-state index is 11.1. The van der Waals surface area contributed by atoms with Crippen molar-refractivity contribution in [1.82, 2.24) is 9.78 Å². The van der Waals surface area contributed by atoms with Crippen LogP contribution in [0, 0.1) is 5.41 Å². The van der Waals surface area contributed by atoms with E-state index in [1.807, 2.05) is 0 Å². The molecule has 0 aliphatic heterocycles. The third-order valence-electron chi connectivity index (χ3n) is 1.34. The molecule has 70 valence electrons. The highest BCUT2D eigenvalue weighted by Gasteiger charge is 2.09. The maximum Gasteiger partial charge on any atom is 0.341 e. The summed E-state index contributed by atoms with van der Waals surface area (Å²) < 4.78 is 5.81. The van der Waals surface area contributed by atoms with Crippen LogP contribution in [0.5, 0.6) is 0 Å². The third-order valence-corrected chi connectivity index (χ3v) is 1.34. The number of nitrogens with one attached hydrogen (secondary N) is 1. The van der Waals surface area contributed by atoms with Crippen LogP contribution in [0.4, 0.5) is 0 Å². The van der Waals surface area contributed by atoms with Gasteiger partial charge < -0.3 is 10.5 Å².